The summed E-state index contributed by atoms with van der Waals surface area (Å²) < 4.78 is 12.7. The molecule has 0 aliphatic rings. The molecular weight excluding hydrogens is 321 g/mol. The normalized spacial score (nSPS) is 10.5. The number of nitrogens with zero attached hydrogens (tertiary/aromatic N) is 1. The molecule has 0 atom stereocenters. The third-order valence-corrected chi connectivity index (χ3v) is 3.00. The van der Waals surface area contributed by atoms with Gasteiger partial charge in [0.2, 0.25) is 0 Å². The van der Waals surface area contributed by atoms with Crippen LogP contribution in [0.15, 0.2) is 53.6 Å². The molecule has 0 unspecified atom stereocenters. The van der Waals surface area contributed by atoms with E-state index in [1.807, 2.05) is 0 Å². The minimum Gasteiger partial charge on any atom is -0.343 e. The van der Waals surface area contributed by atoms with E-state index in [4.69, 9.17) is 11.6 Å². The maximum absolute atomic E-state index is 12.7. The summed E-state index contributed by atoms with van der Waals surface area (Å²) in [5, 5.41) is 6.73. The first-order valence-electron chi connectivity index (χ1n) is 6.66. The number of halogens is 2. The zero-order valence-corrected chi connectivity index (χ0v) is 12.7. The van der Waals surface area contributed by atoms with Gasteiger partial charge in [0, 0.05) is 10.6 Å². The Morgan fingerprint density at radius 2 is 1.91 bits per heavy atom. The minimum absolute atomic E-state index is 0.247. The van der Waals surface area contributed by atoms with Gasteiger partial charge in [-0.2, -0.15) is 5.10 Å². The Hall–Kier alpha value is -2.73. The van der Waals surface area contributed by atoms with Crippen molar-refractivity contribution in [2.45, 2.75) is 0 Å². The summed E-state index contributed by atoms with van der Waals surface area (Å²) in [6, 6.07) is 12.0. The van der Waals surface area contributed by atoms with Crippen LogP contribution in [0.4, 0.5) is 4.39 Å². The van der Waals surface area contributed by atoms with Gasteiger partial charge in [0.15, 0.2) is 0 Å². The van der Waals surface area contributed by atoms with Crippen molar-refractivity contribution in [2.75, 3.05) is 6.54 Å². The molecule has 2 rings (SSSR count). The van der Waals surface area contributed by atoms with Gasteiger partial charge in [-0.05, 0) is 42.0 Å². The zero-order valence-electron chi connectivity index (χ0n) is 11.9. The summed E-state index contributed by atoms with van der Waals surface area (Å²) in [5.41, 5.74) is 3.27. The summed E-state index contributed by atoms with van der Waals surface area (Å²) >= 11 is 5.82. The average Bonchev–Trinajstić information content (AvgIpc) is 2.53. The Bertz CT molecular complexity index is 732. The molecule has 0 bridgehead atoms. The Labute approximate surface area is 137 Å². The smallest absolute Gasteiger partial charge is 0.259 e. The van der Waals surface area contributed by atoms with E-state index in [2.05, 4.69) is 15.8 Å². The Morgan fingerprint density at radius 3 is 2.61 bits per heavy atom. The van der Waals surface area contributed by atoms with Gasteiger partial charge in [0.05, 0.1) is 12.8 Å². The van der Waals surface area contributed by atoms with Gasteiger partial charge in [-0.1, -0.05) is 23.7 Å². The number of carbonyl (C=O) groups excluding carboxylic acids is 2. The Kier molecular flexibility index (Phi) is 5.82. The van der Waals surface area contributed by atoms with Crippen LogP contribution in [0.5, 0.6) is 0 Å². The molecule has 0 saturated carbocycles. The van der Waals surface area contributed by atoms with Gasteiger partial charge in [-0.3, -0.25) is 9.59 Å². The second kappa shape index (κ2) is 8.05. The number of hydrazone groups is 1. The number of carbonyl (C=O) groups is 2. The number of hydrogen-bond donors (Lipinski definition) is 2. The molecule has 7 heteroatoms. The lowest BCUT2D eigenvalue weighted by atomic mass is 10.2. The monoisotopic (exact) mass is 333 g/mol. The Morgan fingerprint density at radius 1 is 1.17 bits per heavy atom. The Balaban J connectivity index is 1.78. The van der Waals surface area contributed by atoms with Crippen molar-refractivity contribution < 1.29 is 14.0 Å². The third kappa shape index (κ3) is 5.52. The number of rotatable bonds is 5. The lowest BCUT2D eigenvalue weighted by molar-refractivity contribution is -0.120. The summed E-state index contributed by atoms with van der Waals surface area (Å²) in [6.45, 7) is -0.247. The van der Waals surface area contributed by atoms with Gasteiger partial charge in [0.1, 0.15) is 5.82 Å². The summed E-state index contributed by atoms with van der Waals surface area (Å²) in [4.78, 5) is 23.3. The van der Waals surface area contributed by atoms with Crippen LogP contribution >= 0.6 is 11.6 Å². The molecule has 23 heavy (non-hydrogen) atoms. The molecule has 2 aromatic rings. The molecule has 0 aliphatic heterocycles. The summed E-state index contributed by atoms with van der Waals surface area (Å²) in [6.07, 6.45) is 1.44. The molecular formula is C16H13ClFN3O2. The standard InChI is InChI=1S/C16H13ClFN3O2/c17-13-3-1-2-11(8-13)9-20-21-15(22)10-19-16(23)12-4-6-14(18)7-5-12/h1-9H,10H2,(H,19,23)(H,21,22)/b20-9+. The quantitative estimate of drug-likeness (QED) is 0.651. The van der Waals surface area contributed by atoms with Crippen molar-refractivity contribution in [3.8, 4) is 0 Å². The molecule has 5 nitrogen and oxygen atoms in total. The second-order valence-corrected chi connectivity index (χ2v) is 4.97. The van der Waals surface area contributed by atoms with Crippen molar-refractivity contribution >= 4 is 29.6 Å². The fourth-order valence-electron chi connectivity index (χ4n) is 1.67. The van der Waals surface area contributed by atoms with Crippen LogP contribution < -0.4 is 10.7 Å². The van der Waals surface area contributed by atoms with E-state index in [-0.39, 0.29) is 12.1 Å². The topological polar surface area (TPSA) is 70.6 Å². The highest BCUT2D eigenvalue weighted by molar-refractivity contribution is 6.30. The van der Waals surface area contributed by atoms with Gasteiger partial charge in [0.25, 0.3) is 11.8 Å². The van der Waals surface area contributed by atoms with E-state index in [0.717, 1.165) is 5.56 Å². The largest absolute Gasteiger partial charge is 0.343 e. The molecule has 0 aromatic heterocycles. The van der Waals surface area contributed by atoms with E-state index in [1.165, 1.54) is 30.5 Å². The molecule has 2 amide bonds. The maximum atomic E-state index is 12.7. The van der Waals surface area contributed by atoms with Crippen LogP contribution in [0.25, 0.3) is 0 Å². The molecule has 0 heterocycles. The SMILES string of the molecule is O=C(CNC(=O)c1ccc(F)cc1)N/N=C/c1cccc(Cl)c1. The van der Waals surface area contributed by atoms with Crippen LogP contribution in [0.1, 0.15) is 15.9 Å². The van der Waals surface area contributed by atoms with Gasteiger partial charge in [-0.15, -0.1) is 0 Å². The first kappa shape index (κ1) is 16.6. The van der Waals surface area contributed by atoms with Crippen LogP contribution in [0.3, 0.4) is 0 Å². The molecule has 0 aliphatic carbocycles. The highest BCUT2D eigenvalue weighted by Crippen LogP contribution is 2.08. The maximum Gasteiger partial charge on any atom is 0.259 e. The zero-order chi connectivity index (χ0) is 16.7. The predicted octanol–water partition coefficient (Wildman–Crippen LogP) is 2.36. The molecule has 118 valence electrons. The first-order chi connectivity index (χ1) is 11.0. The van der Waals surface area contributed by atoms with Gasteiger partial charge in [-0.25, -0.2) is 9.82 Å². The lowest BCUT2D eigenvalue weighted by Gasteiger charge is -2.04. The molecule has 2 aromatic carbocycles. The molecule has 0 saturated heterocycles. The third-order valence-electron chi connectivity index (χ3n) is 2.77. The second-order valence-electron chi connectivity index (χ2n) is 4.54. The van der Waals surface area contributed by atoms with Crippen molar-refractivity contribution in [1.82, 2.24) is 10.7 Å². The first-order valence-corrected chi connectivity index (χ1v) is 7.03. The van der Waals surface area contributed by atoms with E-state index < -0.39 is 17.6 Å². The van der Waals surface area contributed by atoms with Crippen LogP contribution in [0.2, 0.25) is 5.02 Å². The van der Waals surface area contributed by atoms with E-state index in [0.29, 0.717) is 5.02 Å². The van der Waals surface area contributed by atoms with Crippen LogP contribution in [0, 0.1) is 5.82 Å². The highest BCUT2D eigenvalue weighted by atomic mass is 35.5. The number of benzene rings is 2. The van der Waals surface area contributed by atoms with E-state index >= 15 is 0 Å². The molecule has 0 radical (unpaired) electrons. The van der Waals surface area contributed by atoms with Crippen molar-refractivity contribution in [3.05, 3.63) is 70.5 Å². The highest BCUT2D eigenvalue weighted by Gasteiger charge is 2.07. The number of amides is 2. The summed E-state index contributed by atoms with van der Waals surface area (Å²) in [5.74, 6) is -1.40. The van der Waals surface area contributed by atoms with Crippen LogP contribution in [-0.4, -0.2) is 24.6 Å². The number of hydrogen-bond acceptors (Lipinski definition) is 3. The van der Waals surface area contributed by atoms with E-state index in [9.17, 15) is 14.0 Å². The average molecular weight is 334 g/mol. The van der Waals surface area contributed by atoms with Crippen LogP contribution in [-0.2, 0) is 4.79 Å². The number of nitrogens with one attached hydrogen (secondary N) is 2. The van der Waals surface area contributed by atoms with Crippen molar-refractivity contribution in [2.24, 2.45) is 5.10 Å². The van der Waals surface area contributed by atoms with Gasteiger partial charge < -0.3 is 5.32 Å². The minimum atomic E-state index is -0.487. The fraction of sp³-hybridized carbons (Fsp3) is 0.0625. The molecule has 2 N–H and O–H groups in total. The van der Waals surface area contributed by atoms with Crippen molar-refractivity contribution in [1.29, 1.82) is 0 Å². The van der Waals surface area contributed by atoms with Gasteiger partial charge >= 0.3 is 0 Å². The van der Waals surface area contributed by atoms with Crippen molar-refractivity contribution in [3.63, 3.8) is 0 Å². The fourth-order valence-corrected chi connectivity index (χ4v) is 1.87. The lowest BCUT2D eigenvalue weighted by Crippen LogP contribution is -2.34. The summed E-state index contributed by atoms with van der Waals surface area (Å²) in [7, 11) is 0. The molecule has 0 fully saturated rings. The predicted molar refractivity (Wildman–Crippen MR) is 85.9 cm³/mol. The van der Waals surface area contributed by atoms with E-state index in [1.54, 1.807) is 24.3 Å². The molecule has 0 spiro atoms.